The van der Waals surface area contributed by atoms with Crippen LogP contribution >= 0.6 is 11.6 Å². The molecule has 166 valence electrons. The van der Waals surface area contributed by atoms with E-state index in [1.54, 1.807) is 30.1 Å². The van der Waals surface area contributed by atoms with Gasteiger partial charge >= 0.3 is 5.97 Å². The second-order valence-electron chi connectivity index (χ2n) is 7.04. The minimum Gasteiger partial charge on any atom is -0.497 e. The summed E-state index contributed by atoms with van der Waals surface area (Å²) in [7, 11) is 2.87. The van der Waals surface area contributed by atoms with Crippen LogP contribution in [0.15, 0.2) is 79.0 Å². The number of rotatable bonds is 6. The molecule has 8 heteroatoms. The first-order valence-electron chi connectivity index (χ1n) is 9.99. The summed E-state index contributed by atoms with van der Waals surface area (Å²) in [6, 6.07) is 21.3. The maximum absolute atomic E-state index is 13.3. The predicted octanol–water partition coefficient (Wildman–Crippen LogP) is 5.24. The lowest BCUT2D eigenvalue weighted by Gasteiger charge is -2.09. The first-order valence-corrected chi connectivity index (χ1v) is 10.4. The number of halogens is 1. The number of esters is 1. The maximum Gasteiger partial charge on any atom is 0.337 e. The third-order valence-corrected chi connectivity index (χ3v) is 5.31. The zero-order chi connectivity index (χ0) is 23.4. The molecule has 0 spiro atoms. The average Bonchev–Trinajstić information content (AvgIpc) is 3.31. The van der Waals surface area contributed by atoms with Crippen molar-refractivity contribution in [2.24, 2.45) is 0 Å². The Labute approximate surface area is 195 Å². The summed E-state index contributed by atoms with van der Waals surface area (Å²) in [5, 5.41) is 7.73. The van der Waals surface area contributed by atoms with Gasteiger partial charge in [0, 0.05) is 11.8 Å². The van der Waals surface area contributed by atoms with E-state index in [1.807, 2.05) is 42.5 Å². The fourth-order valence-electron chi connectivity index (χ4n) is 3.27. The molecular formula is C25H20ClN3O4. The first kappa shape index (κ1) is 22.1. The Morgan fingerprint density at radius 2 is 1.70 bits per heavy atom. The molecule has 0 aliphatic rings. The van der Waals surface area contributed by atoms with Crippen molar-refractivity contribution < 1.29 is 19.1 Å². The number of ether oxygens (including phenoxy) is 2. The molecule has 0 saturated heterocycles. The molecule has 1 heterocycles. The van der Waals surface area contributed by atoms with Crippen LogP contribution in [0.1, 0.15) is 20.7 Å². The zero-order valence-corrected chi connectivity index (χ0v) is 18.7. The van der Waals surface area contributed by atoms with Crippen LogP contribution in [0.5, 0.6) is 5.75 Å². The molecule has 0 saturated carbocycles. The molecule has 33 heavy (non-hydrogen) atoms. The molecule has 4 rings (SSSR count). The van der Waals surface area contributed by atoms with E-state index >= 15 is 0 Å². The smallest absolute Gasteiger partial charge is 0.337 e. The fraction of sp³-hybridized carbons (Fsp3) is 0.0800. The number of aromatic nitrogens is 2. The highest BCUT2D eigenvalue weighted by Gasteiger charge is 2.20. The Morgan fingerprint density at radius 3 is 2.36 bits per heavy atom. The molecule has 3 aromatic carbocycles. The molecule has 1 aromatic heterocycles. The number of carbonyl (C=O) groups is 2. The molecule has 4 aromatic rings. The number of nitrogens with one attached hydrogen (secondary N) is 1. The molecule has 0 unspecified atom stereocenters. The van der Waals surface area contributed by atoms with Crippen molar-refractivity contribution in [1.82, 2.24) is 9.78 Å². The number of carbonyl (C=O) groups excluding carboxylic acids is 2. The highest BCUT2D eigenvalue weighted by atomic mass is 35.5. The van der Waals surface area contributed by atoms with Gasteiger partial charge < -0.3 is 14.8 Å². The molecule has 1 amide bonds. The Balaban J connectivity index is 1.75. The van der Waals surface area contributed by atoms with Crippen molar-refractivity contribution in [3.63, 3.8) is 0 Å². The van der Waals surface area contributed by atoms with E-state index < -0.39 is 11.9 Å². The highest BCUT2D eigenvalue weighted by molar-refractivity contribution is 6.34. The molecule has 0 aliphatic carbocycles. The summed E-state index contributed by atoms with van der Waals surface area (Å²) in [6.45, 7) is 0. The van der Waals surface area contributed by atoms with Gasteiger partial charge in [0.05, 0.1) is 41.7 Å². The van der Waals surface area contributed by atoms with E-state index in [-0.39, 0.29) is 16.3 Å². The van der Waals surface area contributed by atoms with E-state index in [1.165, 1.54) is 25.3 Å². The molecule has 0 fully saturated rings. The minimum atomic E-state index is -0.530. The number of anilines is 1. The molecule has 0 aliphatic heterocycles. The highest BCUT2D eigenvalue weighted by Crippen LogP contribution is 2.28. The molecule has 1 N–H and O–H groups in total. The van der Waals surface area contributed by atoms with Crippen molar-refractivity contribution in [3.8, 4) is 22.7 Å². The number of amides is 1. The van der Waals surface area contributed by atoms with Gasteiger partial charge in [0.2, 0.25) is 0 Å². The van der Waals surface area contributed by atoms with Crippen LogP contribution in [0.3, 0.4) is 0 Å². The lowest BCUT2D eigenvalue weighted by atomic mass is 10.1. The maximum atomic E-state index is 13.3. The van der Waals surface area contributed by atoms with Gasteiger partial charge in [-0.15, -0.1) is 0 Å². The van der Waals surface area contributed by atoms with Gasteiger partial charge in [0.1, 0.15) is 11.4 Å². The second kappa shape index (κ2) is 9.58. The van der Waals surface area contributed by atoms with Crippen molar-refractivity contribution in [2.45, 2.75) is 0 Å². The summed E-state index contributed by atoms with van der Waals surface area (Å²) in [5.74, 6) is -0.261. The SMILES string of the molecule is COC(=O)c1ccc(Cl)c(NC(=O)c2cn(-c3ccccc3)nc2-c2ccc(OC)cc2)c1. The van der Waals surface area contributed by atoms with Crippen LogP contribution in [-0.2, 0) is 4.74 Å². The quantitative estimate of drug-likeness (QED) is 0.397. The van der Waals surface area contributed by atoms with Crippen LogP contribution in [0.25, 0.3) is 16.9 Å². The third kappa shape index (κ3) is 4.73. The summed E-state index contributed by atoms with van der Waals surface area (Å²) < 4.78 is 11.6. The third-order valence-electron chi connectivity index (χ3n) is 4.98. The molecule has 0 bridgehead atoms. The predicted molar refractivity (Wildman–Crippen MR) is 126 cm³/mol. The monoisotopic (exact) mass is 461 g/mol. The van der Waals surface area contributed by atoms with Gasteiger partial charge in [-0.3, -0.25) is 4.79 Å². The minimum absolute atomic E-state index is 0.271. The van der Waals surface area contributed by atoms with E-state index in [9.17, 15) is 9.59 Å². The van der Waals surface area contributed by atoms with Crippen LogP contribution in [0, 0.1) is 0 Å². The van der Waals surface area contributed by atoms with Crippen molar-refractivity contribution in [1.29, 1.82) is 0 Å². The Morgan fingerprint density at radius 1 is 0.970 bits per heavy atom. The molecule has 7 nitrogen and oxygen atoms in total. The summed E-state index contributed by atoms with van der Waals surface area (Å²) in [4.78, 5) is 25.2. The molecule has 0 radical (unpaired) electrons. The van der Waals surface area contributed by atoms with Crippen LogP contribution in [0.4, 0.5) is 5.69 Å². The zero-order valence-electron chi connectivity index (χ0n) is 17.9. The number of hydrogen-bond donors (Lipinski definition) is 1. The number of nitrogens with zero attached hydrogens (tertiary/aromatic N) is 2. The van der Waals surface area contributed by atoms with Gasteiger partial charge in [-0.2, -0.15) is 5.10 Å². The lowest BCUT2D eigenvalue weighted by Crippen LogP contribution is -2.13. The van der Waals surface area contributed by atoms with Crippen LogP contribution in [0.2, 0.25) is 5.02 Å². The van der Waals surface area contributed by atoms with E-state index in [4.69, 9.17) is 21.1 Å². The van der Waals surface area contributed by atoms with Gasteiger partial charge in [-0.05, 0) is 54.6 Å². The topological polar surface area (TPSA) is 82.5 Å². The van der Waals surface area contributed by atoms with Gasteiger partial charge in [-0.25, -0.2) is 9.48 Å². The number of para-hydroxylation sites is 1. The largest absolute Gasteiger partial charge is 0.497 e. The van der Waals surface area contributed by atoms with E-state index in [0.717, 1.165) is 11.3 Å². The summed E-state index contributed by atoms with van der Waals surface area (Å²) in [6.07, 6.45) is 1.66. The number of benzene rings is 3. The van der Waals surface area contributed by atoms with E-state index in [0.29, 0.717) is 17.0 Å². The van der Waals surface area contributed by atoms with Crippen molar-refractivity contribution in [3.05, 3.63) is 95.1 Å². The average molecular weight is 462 g/mol. The molecule has 0 atom stereocenters. The molecular weight excluding hydrogens is 442 g/mol. The number of methoxy groups -OCH3 is 2. The van der Waals surface area contributed by atoms with E-state index in [2.05, 4.69) is 10.4 Å². The Hall–Kier alpha value is -4.10. The van der Waals surface area contributed by atoms with Crippen molar-refractivity contribution >= 4 is 29.2 Å². The standard InChI is InChI=1S/C25H20ClN3O4/c1-32-19-11-8-16(9-12-19)23-20(15-29(28-23)18-6-4-3-5-7-18)24(30)27-22-14-17(25(31)33-2)10-13-21(22)26/h3-15H,1-2H3,(H,27,30). The Kier molecular flexibility index (Phi) is 6.42. The van der Waals surface area contributed by atoms with Crippen LogP contribution in [-0.4, -0.2) is 35.9 Å². The van der Waals surface area contributed by atoms with Gasteiger partial charge in [-0.1, -0.05) is 29.8 Å². The first-order chi connectivity index (χ1) is 16.0. The number of hydrogen-bond acceptors (Lipinski definition) is 5. The fourth-order valence-corrected chi connectivity index (χ4v) is 3.44. The second-order valence-corrected chi connectivity index (χ2v) is 7.45. The van der Waals surface area contributed by atoms with Gasteiger partial charge in [0.15, 0.2) is 0 Å². The normalized spacial score (nSPS) is 10.5. The Bertz CT molecular complexity index is 1300. The lowest BCUT2D eigenvalue weighted by molar-refractivity contribution is 0.0600. The summed E-state index contributed by atoms with van der Waals surface area (Å²) in [5.41, 5.74) is 2.93. The van der Waals surface area contributed by atoms with Gasteiger partial charge in [0.25, 0.3) is 5.91 Å². The van der Waals surface area contributed by atoms with Crippen molar-refractivity contribution in [2.75, 3.05) is 19.5 Å². The summed E-state index contributed by atoms with van der Waals surface area (Å²) >= 11 is 6.27. The van der Waals surface area contributed by atoms with Crippen LogP contribution < -0.4 is 10.1 Å².